The molecule has 6 heteroatoms. The number of rotatable bonds is 5. The lowest BCUT2D eigenvalue weighted by Crippen LogP contribution is -2.45. The molecule has 2 atom stereocenters. The number of carbonyl (C=O) groups is 1. The lowest BCUT2D eigenvalue weighted by atomic mass is 9.95. The van der Waals surface area contributed by atoms with E-state index in [2.05, 4.69) is 10.1 Å². The first kappa shape index (κ1) is 17.6. The van der Waals surface area contributed by atoms with Gasteiger partial charge in [-0.2, -0.15) is 4.98 Å². The van der Waals surface area contributed by atoms with Crippen LogP contribution in [-0.4, -0.2) is 53.0 Å². The molecule has 0 aliphatic carbocycles. The van der Waals surface area contributed by atoms with Crippen molar-refractivity contribution in [1.29, 1.82) is 0 Å². The summed E-state index contributed by atoms with van der Waals surface area (Å²) in [6, 6.07) is 9.68. The first-order chi connectivity index (χ1) is 12.1. The molecule has 1 saturated heterocycles. The average Bonchev–Trinajstić information content (AvgIpc) is 3.12. The molecule has 0 saturated carbocycles. The number of aromatic nitrogens is 2. The first-order valence-electron chi connectivity index (χ1n) is 8.92. The maximum absolute atomic E-state index is 13.2. The van der Waals surface area contributed by atoms with Gasteiger partial charge in [-0.3, -0.25) is 9.69 Å². The highest BCUT2D eigenvalue weighted by Crippen LogP contribution is 2.28. The van der Waals surface area contributed by atoms with Gasteiger partial charge in [0, 0.05) is 25.4 Å². The third-order valence-electron chi connectivity index (χ3n) is 4.75. The predicted octanol–water partition coefficient (Wildman–Crippen LogP) is 2.64. The second-order valence-electron chi connectivity index (χ2n) is 6.80. The first-order valence-corrected chi connectivity index (χ1v) is 8.92. The molecule has 0 spiro atoms. The van der Waals surface area contributed by atoms with E-state index in [0.29, 0.717) is 12.4 Å². The number of hydrogen-bond acceptors (Lipinski definition) is 5. The van der Waals surface area contributed by atoms with Crippen molar-refractivity contribution in [3.8, 4) is 0 Å². The van der Waals surface area contributed by atoms with Crippen LogP contribution in [0.2, 0.25) is 0 Å². The molecule has 1 aromatic carbocycles. The molecule has 1 aliphatic rings. The minimum Gasteiger partial charge on any atom is -0.340 e. The largest absolute Gasteiger partial charge is 0.340 e. The van der Waals surface area contributed by atoms with E-state index in [1.165, 1.54) is 0 Å². The van der Waals surface area contributed by atoms with Crippen molar-refractivity contribution in [2.45, 2.75) is 38.1 Å². The smallest absolute Gasteiger partial charge is 0.244 e. The number of aryl methyl sites for hydroxylation is 1. The van der Waals surface area contributed by atoms with Gasteiger partial charge in [0.15, 0.2) is 5.82 Å². The van der Waals surface area contributed by atoms with Crippen LogP contribution in [0.1, 0.15) is 49.0 Å². The molecule has 2 heterocycles. The Balaban J connectivity index is 1.76. The number of benzene rings is 1. The van der Waals surface area contributed by atoms with Crippen LogP contribution in [0.3, 0.4) is 0 Å². The number of carbonyl (C=O) groups excluding carboxylic acids is 1. The van der Waals surface area contributed by atoms with Crippen molar-refractivity contribution in [3.05, 3.63) is 47.6 Å². The molecule has 0 N–H and O–H groups in total. The van der Waals surface area contributed by atoms with Gasteiger partial charge in [0.2, 0.25) is 11.8 Å². The maximum atomic E-state index is 13.2. The second-order valence-corrected chi connectivity index (χ2v) is 6.80. The molecule has 1 fully saturated rings. The summed E-state index contributed by atoms with van der Waals surface area (Å²) < 4.78 is 5.24. The molecule has 134 valence electrons. The number of nitrogens with zero attached hydrogens (tertiary/aromatic N) is 4. The number of piperidine rings is 1. The van der Waals surface area contributed by atoms with E-state index >= 15 is 0 Å². The number of amides is 1. The Morgan fingerprint density at radius 3 is 2.76 bits per heavy atom. The van der Waals surface area contributed by atoms with Gasteiger partial charge in [-0.05, 0) is 32.5 Å². The summed E-state index contributed by atoms with van der Waals surface area (Å²) in [5.74, 6) is 1.69. The molecule has 0 unspecified atom stereocenters. The van der Waals surface area contributed by atoms with Gasteiger partial charge in [0.25, 0.3) is 0 Å². The standard InChI is InChI=1S/C19H26N4O2/c1-4-16-20-18(21-25-16)15-11-8-12-23(13-15)19(24)17(22(2)3)14-9-6-5-7-10-14/h5-7,9-10,15,17H,4,8,11-13H2,1-3H3/t15-,17-/m0/s1. The van der Waals surface area contributed by atoms with Crippen molar-refractivity contribution in [1.82, 2.24) is 19.9 Å². The number of likely N-dealkylation sites (tertiary alicyclic amines) is 1. The van der Waals surface area contributed by atoms with Crippen LogP contribution in [0.4, 0.5) is 0 Å². The molecule has 1 aliphatic heterocycles. The second kappa shape index (κ2) is 7.78. The van der Waals surface area contributed by atoms with E-state index in [-0.39, 0.29) is 17.9 Å². The SMILES string of the molecule is CCc1nc([C@H]2CCCN(C(=O)[C@H](c3ccccc3)N(C)C)C2)no1. The molecular formula is C19H26N4O2. The minimum atomic E-state index is -0.267. The van der Waals surface area contributed by atoms with Crippen molar-refractivity contribution in [2.24, 2.45) is 0 Å². The summed E-state index contributed by atoms with van der Waals surface area (Å²) in [7, 11) is 3.90. The highest BCUT2D eigenvalue weighted by molar-refractivity contribution is 5.83. The lowest BCUT2D eigenvalue weighted by molar-refractivity contribution is -0.137. The third-order valence-corrected chi connectivity index (χ3v) is 4.75. The predicted molar refractivity (Wildman–Crippen MR) is 95.1 cm³/mol. The van der Waals surface area contributed by atoms with E-state index in [1.54, 1.807) is 0 Å². The summed E-state index contributed by atoms with van der Waals surface area (Å²) in [5.41, 5.74) is 1.02. The summed E-state index contributed by atoms with van der Waals surface area (Å²) >= 11 is 0. The monoisotopic (exact) mass is 342 g/mol. The summed E-state index contributed by atoms with van der Waals surface area (Å²) in [6.45, 7) is 3.43. The summed E-state index contributed by atoms with van der Waals surface area (Å²) in [5, 5.41) is 4.11. The maximum Gasteiger partial charge on any atom is 0.244 e. The van der Waals surface area contributed by atoms with Crippen molar-refractivity contribution in [2.75, 3.05) is 27.2 Å². The molecule has 6 nitrogen and oxygen atoms in total. The zero-order valence-electron chi connectivity index (χ0n) is 15.2. The molecule has 3 rings (SSSR count). The number of hydrogen-bond donors (Lipinski definition) is 0. The van der Waals surface area contributed by atoms with Crippen LogP contribution in [0.15, 0.2) is 34.9 Å². The van der Waals surface area contributed by atoms with Crippen LogP contribution in [0.5, 0.6) is 0 Å². The van der Waals surface area contributed by atoms with Gasteiger partial charge < -0.3 is 9.42 Å². The van der Waals surface area contributed by atoms with Gasteiger partial charge >= 0.3 is 0 Å². The van der Waals surface area contributed by atoms with Gasteiger partial charge in [-0.25, -0.2) is 0 Å². The van der Waals surface area contributed by atoms with Crippen molar-refractivity contribution in [3.63, 3.8) is 0 Å². The third kappa shape index (κ3) is 3.90. The fourth-order valence-corrected chi connectivity index (χ4v) is 3.44. The fourth-order valence-electron chi connectivity index (χ4n) is 3.44. The molecule has 0 radical (unpaired) electrons. The summed E-state index contributed by atoms with van der Waals surface area (Å²) in [6.07, 6.45) is 2.69. The molecular weight excluding hydrogens is 316 g/mol. The summed E-state index contributed by atoms with van der Waals surface area (Å²) in [4.78, 5) is 21.6. The average molecular weight is 342 g/mol. The van der Waals surface area contributed by atoms with E-state index in [0.717, 1.165) is 37.2 Å². The normalized spacial score (nSPS) is 19.2. The highest BCUT2D eigenvalue weighted by Gasteiger charge is 2.33. The van der Waals surface area contributed by atoms with Crippen LogP contribution in [0.25, 0.3) is 0 Å². The van der Waals surface area contributed by atoms with Crippen LogP contribution in [-0.2, 0) is 11.2 Å². The van der Waals surface area contributed by atoms with Crippen LogP contribution < -0.4 is 0 Å². The zero-order chi connectivity index (χ0) is 17.8. The highest BCUT2D eigenvalue weighted by atomic mass is 16.5. The Morgan fingerprint density at radius 2 is 2.12 bits per heavy atom. The fraction of sp³-hybridized carbons (Fsp3) is 0.526. The van der Waals surface area contributed by atoms with E-state index in [9.17, 15) is 4.79 Å². The van der Waals surface area contributed by atoms with Crippen LogP contribution in [0, 0.1) is 0 Å². The Labute approximate surface area is 148 Å². The van der Waals surface area contributed by atoms with Gasteiger partial charge in [-0.15, -0.1) is 0 Å². The topological polar surface area (TPSA) is 62.5 Å². The van der Waals surface area contributed by atoms with Crippen LogP contribution >= 0.6 is 0 Å². The molecule has 1 amide bonds. The molecule has 2 aromatic rings. The van der Waals surface area contributed by atoms with Gasteiger partial charge in [-0.1, -0.05) is 42.4 Å². The Kier molecular flexibility index (Phi) is 5.48. The zero-order valence-corrected chi connectivity index (χ0v) is 15.2. The van der Waals surface area contributed by atoms with Gasteiger partial charge in [0.1, 0.15) is 6.04 Å². The number of likely N-dealkylation sites (N-methyl/N-ethyl adjacent to an activating group) is 1. The molecule has 1 aromatic heterocycles. The molecule has 25 heavy (non-hydrogen) atoms. The lowest BCUT2D eigenvalue weighted by Gasteiger charge is -2.35. The van der Waals surface area contributed by atoms with Crippen molar-refractivity contribution >= 4 is 5.91 Å². The quantitative estimate of drug-likeness (QED) is 0.836. The van der Waals surface area contributed by atoms with Gasteiger partial charge in [0.05, 0.1) is 0 Å². The molecule has 0 bridgehead atoms. The Bertz CT molecular complexity index is 698. The van der Waals surface area contributed by atoms with E-state index in [1.807, 2.05) is 61.2 Å². The van der Waals surface area contributed by atoms with E-state index in [4.69, 9.17) is 4.52 Å². The van der Waals surface area contributed by atoms with E-state index < -0.39 is 0 Å². The van der Waals surface area contributed by atoms with Crippen molar-refractivity contribution < 1.29 is 9.32 Å². The Hall–Kier alpha value is -2.21. The Morgan fingerprint density at radius 1 is 1.36 bits per heavy atom. The minimum absolute atomic E-state index is 0.139.